The number of carbonyl (C=O) groups is 6. The van der Waals surface area contributed by atoms with Crippen LogP contribution in [0.5, 0.6) is 0 Å². The Hall–Kier alpha value is -3.78. The van der Waals surface area contributed by atoms with E-state index in [0.29, 0.717) is 11.1 Å². The van der Waals surface area contributed by atoms with E-state index in [2.05, 4.69) is 23.8 Å². The summed E-state index contributed by atoms with van der Waals surface area (Å²) in [5.41, 5.74) is -2.20. The number of hydrogen-bond donors (Lipinski definition) is 4. The van der Waals surface area contributed by atoms with E-state index < -0.39 is 60.6 Å². The molecule has 4 atom stereocenters. The Balaban J connectivity index is 4.94. The highest BCUT2D eigenvalue weighted by Crippen LogP contribution is 2.31. The van der Waals surface area contributed by atoms with Gasteiger partial charge in [-0.3, -0.25) is 28.8 Å². The molecule has 0 saturated heterocycles. The van der Waals surface area contributed by atoms with E-state index in [1.54, 1.807) is 13.8 Å². The van der Waals surface area contributed by atoms with Crippen molar-refractivity contribution in [3.8, 4) is 0 Å². The van der Waals surface area contributed by atoms with Crippen LogP contribution in [0.3, 0.4) is 0 Å². The number of carboxylic acid groups (broad SMARTS) is 2. The van der Waals surface area contributed by atoms with Crippen LogP contribution < -0.4 is 10.6 Å². The Morgan fingerprint density at radius 1 is 0.769 bits per heavy atom. The van der Waals surface area contributed by atoms with Gasteiger partial charge in [-0.1, -0.05) is 13.2 Å². The zero-order valence-electron chi connectivity index (χ0n) is 22.9. The molecule has 39 heavy (non-hydrogen) atoms. The lowest BCUT2D eigenvalue weighted by molar-refractivity contribution is -0.186. The van der Waals surface area contributed by atoms with Crippen molar-refractivity contribution < 1.29 is 57.9 Å². The molecule has 0 fully saturated rings. The predicted octanol–water partition coefficient (Wildman–Crippen LogP) is 0.0593. The van der Waals surface area contributed by atoms with E-state index in [9.17, 15) is 39.0 Å². The van der Waals surface area contributed by atoms with Gasteiger partial charge in [0.15, 0.2) is 11.3 Å². The van der Waals surface area contributed by atoms with Crippen molar-refractivity contribution in [2.45, 2.75) is 46.8 Å². The highest BCUT2D eigenvalue weighted by Gasteiger charge is 2.58. The van der Waals surface area contributed by atoms with Crippen LogP contribution in [0.25, 0.3) is 0 Å². The molecule has 220 valence electrons. The van der Waals surface area contributed by atoms with Gasteiger partial charge in [-0.25, -0.2) is 0 Å². The second-order valence-corrected chi connectivity index (χ2v) is 8.93. The van der Waals surface area contributed by atoms with E-state index >= 15 is 0 Å². The molecule has 14 nitrogen and oxygen atoms in total. The summed E-state index contributed by atoms with van der Waals surface area (Å²) >= 11 is 0. The maximum absolute atomic E-state index is 12.6. The lowest BCUT2D eigenvalue weighted by atomic mass is 9.76. The van der Waals surface area contributed by atoms with Crippen molar-refractivity contribution in [2.75, 3.05) is 39.5 Å². The Labute approximate surface area is 226 Å². The second-order valence-electron chi connectivity index (χ2n) is 8.93. The van der Waals surface area contributed by atoms with Gasteiger partial charge in [-0.05, 0) is 34.6 Å². The summed E-state index contributed by atoms with van der Waals surface area (Å²) in [6.45, 7) is 13.0. The summed E-state index contributed by atoms with van der Waals surface area (Å²) in [4.78, 5) is 71.9. The van der Waals surface area contributed by atoms with Crippen LogP contribution in [0.15, 0.2) is 24.3 Å². The molecule has 0 radical (unpaired) electrons. The van der Waals surface area contributed by atoms with Gasteiger partial charge >= 0.3 is 23.9 Å². The van der Waals surface area contributed by atoms with Crippen LogP contribution in [-0.4, -0.2) is 97.6 Å². The molecule has 0 aromatic carbocycles. The summed E-state index contributed by atoms with van der Waals surface area (Å²) in [5, 5.41) is 24.3. The molecule has 4 N–H and O–H groups in total. The molecule has 0 spiro atoms. The number of carbonyl (C=O) groups excluding carboxylic acids is 4. The normalized spacial score (nSPS) is 14.5. The summed E-state index contributed by atoms with van der Waals surface area (Å²) < 4.78 is 20.5. The van der Waals surface area contributed by atoms with Crippen LogP contribution in [0.1, 0.15) is 34.6 Å². The minimum atomic E-state index is -2.81. The third-order valence-electron chi connectivity index (χ3n) is 5.25. The number of carboxylic acids is 2. The number of nitrogens with one attached hydrogen (secondary N) is 2. The monoisotopic (exact) mass is 558 g/mol. The predicted molar refractivity (Wildman–Crippen MR) is 135 cm³/mol. The van der Waals surface area contributed by atoms with Gasteiger partial charge in [-0.2, -0.15) is 0 Å². The molecular weight excluding hydrogens is 520 g/mol. The first-order chi connectivity index (χ1) is 18.0. The number of ether oxygens (including phenoxy) is 4. The molecule has 0 rings (SSSR count). The van der Waals surface area contributed by atoms with Gasteiger partial charge in [-0.15, -0.1) is 0 Å². The first-order valence-electron chi connectivity index (χ1n) is 12.0. The minimum Gasteiger partial charge on any atom is -0.481 e. The third-order valence-corrected chi connectivity index (χ3v) is 5.25. The van der Waals surface area contributed by atoms with Crippen molar-refractivity contribution in [1.82, 2.24) is 10.6 Å². The lowest BCUT2D eigenvalue weighted by Crippen LogP contribution is -2.51. The molecule has 14 heteroatoms. The first-order valence-corrected chi connectivity index (χ1v) is 12.0. The SMILES string of the molecule is C=C(C)C(=O)NCC(C)OCCOC(=O)C(C(=O)O)C(C)(C(=O)O)C(=O)OCCOC(C)CNC(=O)C(=C)C. The summed E-state index contributed by atoms with van der Waals surface area (Å²) in [5.74, 6) is -9.93. The fourth-order valence-electron chi connectivity index (χ4n) is 2.81. The Kier molecular flexibility index (Phi) is 15.3. The van der Waals surface area contributed by atoms with E-state index in [1.165, 1.54) is 13.8 Å². The van der Waals surface area contributed by atoms with E-state index in [4.69, 9.17) is 18.9 Å². The van der Waals surface area contributed by atoms with Crippen LogP contribution in [-0.2, 0) is 47.7 Å². The van der Waals surface area contributed by atoms with Crippen molar-refractivity contribution in [3.05, 3.63) is 24.3 Å². The molecular formula is C25H38N2O12. The number of hydrogen-bond acceptors (Lipinski definition) is 10. The van der Waals surface area contributed by atoms with Gasteiger partial charge < -0.3 is 39.8 Å². The molecule has 0 heterocycles. The van der Waals surface area contributed by atoms with Crippen molar-refractivity contribution in [3.63, 3.8) is 0 Å². The zero-order valence-corrected chi connectivity index (χ0v) is 22.9. The van der Waals surface area contributed by atoms with Crippen LogP contribution in [0.4, 0.5) is 0 Å². The van der Waals surface area contributed by atoms with Gasteiger partial charge in [0.05, 0.1) is 25.4 Å². The maximum Gasteiger partial charge on any atom is 0.324 e. The van der Waals surface area contributed by atoms with Gasteiger partial charge in [0.25, 0.3) is 0 Å². The average Bonchev–Trinajstić information content (AvgIpc) is 2.85. The Morgan fingerprint density at radius 2 is 1.18 bits per heavy atom. The highest BCUT2D eigenvalue weighted by molar-refractivity contribution is 6.10. The maximum atomic E-state index is 12.6. The fraction of sp³-hybridized carbons (Fsp3) is 0.600. The molecule has 0 aliphatic carbocycles. The van der Waals surface area contributed by atoms with Crippen LogP contribution in [0.2, 0.25) is 0 Å². The molecule has 2 amide bonds. The Morgan fingerprint density at radius 3 is 1.54 bits per heavy atom. The summed E-state index contributed by atoms with van der Waals surface area (Å²) in [6.07, 6.45) is -0.985. The number of amides is 2. The zero-order chi connectivity index (χ0) is 30.3. The molecule has 0 saturated carbocycles. The van der Waals surface area contributed by atoms with Crippen LogP contribution in [0, 0.1) is 11.3 Å². The number of aliphatic carboxylic acids is 2. The largest absolute Gasteiger partial charge is 0.481 e. The van der Waals surface area contributed by atoms with Crippen molar-refractivity contribution >= 4 is 35.7 Å². The Bertz CT molecular complexity index is 947. The molecule has 0 aliphatic rings. The van der Waals surface area contributed by atoms with Gasteiger partial charge in [0.2, 0.25) is 11.8 Å². The first kappa shape index (κ1) is 35.2. The smallest absolute Gasteiger partial charge is 0.324 e. The number of rotatable bonds is 19. The van der Waals surface area contributed by atoms with E-state index in [-0.39, 0.29) is 38.1 Å². The molecule has 0 aromatic heterocycles. The summed E-state index contributed by atoms with van der Waals surface area (Å²) in [6, 6.07) is 0. The standard InChI is InChI=1S/C25H38N2O12/c1-14(2)19(28)26-12-16(5)36-8-10-38-22(32)18(21(30)31)25(7,23(33)34)24(35)39-11-9-37-17(6)13-27-20(29)15(3)4/h16-18H,1,3,8-13H2,2,4-7H3,(H,26,28)(H,27,29)(H,30,31)(H,33,34). The topological polar surface area (TPSA) is 204 Å². The van der Waals surface area contributed by atoms with Crippen molar-refractivity contribution in [1.29, 1.82) is 0 Å². The van der Waals surface area contributed by atoms with Crippen LogP contribution >= 0.6 is 0 Å². The minimum absolute atomic E-state index is 0.130. The average molecular weight is 559 g/mol. The lowest BCUT2D eigenvalue weighted by Gasteiger charge is -2.27. The fourth-order valence-corrected chi connectivity index (χ4v) is 2.81. The quantitative estimate of drug-likeness (QED) is 0.0719. The molecule has 0 aliphatic heterocycles. The summed E-state index contributed by atoms with van der Waals surface area (Å²) in [7, 11) is 0. The van der Waals surface area contributed by atoms with Crippen molar-refractivity contribution in [2.24, 2.45) is 11.3 Å². The number of esters is 2. The van der Waals surface area contributed by atoms with Gasteiger partial charge in [0, 0.05) is 24.2 Å². The third kappa shape index (κ3) is 12.1. The highest BCUT2D eigenvalue weighted by atomic mass is 16.6. The molecule has 4 unspecified atom stereocenters. The second kappa shape index (κ2) is 16.9. The van der Waals surface area contributed by atoms with E-state index in [1.807, 2.05) is 0 Å². The molecule has 0 aromatic rings. The van der Waals surface area contributed by atoms with Gasteiger partial charge in [0.1, 0.15) is 13.2 Å². The van der Waals surface area contributed by atoms with E-state index in [0.717, 1.165) is 6.92 Å². The molecule has 0 bridgehead atoms.